The van der Waals surface area contributed by atoms with Gasteiger partial charge in [0.15, 0.2) is 6.61 Å². The number of carbonyl (C=O) groups excluding carboxylic acids is 2. The van der Waals surface area contributed by atoms with Crippen molar-refractivity contribution in [3.05, 3.63) is 66.0 Å². The molecule has 0 spiro atoms. The minimum atomic E-state index is -0.588. The Kier molecular flexibility index (Phi) is 7.79. The Hall–Kier alpha value is -2.89. The number of carbonyl (C=O) groups is 2. The molecule has 0 aliphatic rings. The van der Waals surface area contributed by atoms with Gasteiger partial charge in [0.05, 0.1) is 0 Å². The van der Waals surface area contributed by atoms with Crippen LogP contribution >= 0.6 is 0 Å². The number of halogens is 1. The molecule has 0 unspecified atom stereocenters. The fourth-order valence-electron chi connectivity index (χ4n) is 2.75. The summed E-state index contributed by atoms with van der Waals surface area (Å²) >= 11 is 0. The van der Waals surface area contributed by atoms with Crippen molar-refractivity contribution < 1.29 is 18.7 Å². The van der Waals surface area contributed by atoms with Gasteiger partial charge in [-0.15, -0.1) is 0 Å². The highest BCUT2D eigenvalue weighted by molar-refractivity contribution is 5.88. The Morgan fingerprint density at radius 2 is 1.74 bits per heavy atom. The summed E-state index contributed by atoms with van der Waals surface area (Å²) in [6, 6.07) is 14.4. The predicted molar refractivity (Wildman–Crippen MR) is 102 cm³/mol. The number of nitrogens with zero attached hydrogens (tertiary/aromatic N) is 1. The van der Waals surface area contributed by atoms with Crippen LogP contribution in [-0.4, -0.2) is 35.9 Å². The first-order chi connectivity index (χ1) is 13.0. The highest BCUT2D eigenvalue weighted by atomic mass is 19.1. The van der Waals surface area contributed by atoms with Gasteiger partial charge in [0, 0.05) is 13.1 Å². The van der Waals surface area contributed by atoms with Gasteiger partial charge in [-0.3, -0.25) is 9.59 Å². The SMILES string of the molecule is CCNC(=O)[C@@H](CC)N(Cc1ccccc1)C(=O)COc1ccc(F)cc1. The Morgan fingerprint density at radius 1 is 1.07 bits per heavy atom. The summed E-state index contributed by atoms with van der Waals surface area (Å²) < 4.78 is 18.5. The van der Waals surface area contributed by atoms with E-state index in [1.165, 1.54) is 29.2 Å². The van der Waals surface area contributed by atoms with Gasteiger partial charge in [-0.25, -0.2) is 4.39 Å². The maximum Gasteiger partial charge on any atom is 0.261 e. The summed E-state index contributed by atoms with van der Waals surface area (Å²) in [5.41, 5.74) is 0.926. The summed E-state index contributed by atoms with van der Waals surface area (Å²) in [6.45, 7) is 4.28. The van der Waals surface area contributed by atoms with E-state index in [1.54, 1.807) is 0 Å². The molecule has 0 bridgehead atoms. The lowest BCUT2D eigenvalue weighted by molar-refractivity contribution is -0.142. The molecule has 0 fully saturated rings. The highest BCUT2D eigenvalue weighted by Crippen LogP contribution is 2.15. The lowest BCUT2D eigenvalue weighted by Gasteiger charge is -2.30. The van der Waals surface area contributed by atoms with Crippen LogP contribution < -0.4 is 10.1 Å². The van der Waals surface area contributed by atoms with Crippen LogP contribution in [0.15, 0.2) is 54.6 Å². The molecule has 0 aliphatic heterocycles. The van der Waals surface area contributed by atoms with Crippen LogP contribution in [0, 0.1) is 5.82 Å². The maximum atomic E-state index is 13.0. The molecule has 0 saturated heterocycles. The second-order valence-corrected chi connectivity index (χ2v) is 6.07. The van der Waals surface area contributed by atoms with E-state index in [0.29, 0.717) is 25.3 Å². The fourth-order valence-corrected chi connectivity index (χ4v) is 2.75. The molecular weight excluding hydrogens is 347 g/mol. The first-order valence-electron chi connectivity index (χ1n) is 9.04. The molecule has 1 atom stereocenters. The number of likely N-dealkylation sites (N-methyl/N-ethyl adjacent to an activating group) is 1. The molecule has 2 aromatic carbocycles. The van der Waals surface area contributed by atoms with Crippen LogP contribution in [0.1, 0.15) is 25.8 Å². The average molecular weight is 372 g/mol. The topological polar surface area (TPSA) is 58.6 Å². The summed E-state index contributed by atoms with van der Waals surface area (Å²) in [4.78, 5) is 26.8. The van der Waals surface area contributed by atoms with Gasteiger partial charge in [0.2, 0.25) is 5.91 Å². The minimum absolute atomic E-state index is 0.189. The minimum Gasteiger partial charge on any atom is -0.484 e. The van der Waals surface area contributed by atoms with Crippen molar-refractivity contribution in [2.75, 3.05) is 13.2 Å². The van der Waals surface area contributed by atoms with E-state index in [2.05, 4.69) is 5.32 Å². The highest BCUT2D eigenvalue weighted by Gasteiger charge is 2.28. The van der Waals surface area contributed by atoms with Crippen LogP contribution in [0.5, 0.6) is 5.75 Å². The molecule has 2 amide bonds. The standard InChI is InChI=1S/C21H25FN2O3/c1-3-19(21(26)23-4-2)24(14-16-8-6-5-7-9-16)20(25)15-27-18-12-10-17(22)11-13-18/h5-13,19H,3-4,14-15H2,1-2H3,(H,23,26)/t19-/m1/s1. The summed E-state index contributed by atoms with van der Waals surface area (Å²) in [6.07, 6.45) is 0.487. The molecule has 1 N–H and O–H groups in total. The largest absolute Gasteiger partial charge is 0.484 e. The lowest BCUT2D eigenvalue weighted by atomic mass is 10.1. The molecule has 0 heterocycles. The van der Waals surface area contributed by atoms with Crippen molar-refractivity contribution in [2.45, 2.75) is 32.9 Å². The van der Waals surface area contributed by atoms with E-state index in [9.17, 15) is 14.0 Å². The van der Waals surface area contributed by atoms with Gasteiger partial charge in [0.1, 0.15) is 17.6 Å². The zero-order valence-corrected chi connectivity index (χ0v) is 15.7. The first kappa shape index (κ1) is 20.4. The Labute approximate surface area is 159 Å². The number of amides is 2. The van der Waals surface area contributed by atoms with Crippen LogP contribution in [0.25, 0.3) is 0 Å². The molecule has 6 heteroatoms. The first-order valence-corrected chi connectivity index (χ1v) is 9.04. The van der Waals surface area contributed by atoms with E-state index in [-0.39, 0.29) is 24.2 Å². The third kappa shape index (κ3) is 6.09. The van der Waals surface area contributed by atoms with Gasteiger partial charge in [-0.05, 0) is 43.2 Å². The van der Waals surface area contributed by atoms with E-state index in [1.807, 2.05) is 44.2 Å². The lowest BCUT2D eigenvalue weighted by Crippen LogP contribution is -2.50. The van der Waals surface area contributed by atoms with Crippen LogP contribution in [-0.2, 0) is 16.1 Å². The summed E-state index contributed by atoms with van der Waals surface area (Å²) in [5, 5.41) is 2.78. The number of benzene rings is 2. The molecular formula is C21H25FN2O3. The third-order valence-corrected chi connectivity index (χ3v) is 4.11. The van der Waals surface area contributed by atoms with E-state index in [0.717, 1.165) is 5.56 Å². The van der Waals surface area contributed by atoms with Crippen molar-refractivity contribution in [3.63, 3.8) is 0 Å². The second kappa shape index (κ2) is 10.3. The number of ether oxygens (including phenoxy) is 1. The average Bonchev–Trinajstić information content (AvgIpc) is 2.68. The normalized spacial score (nSPS) is 11.5. The molecule has 5 nitrogen and oxygen atoms in total. The van der Waals surface area contributed by atoms with Crippen molar-refractivity contribution in [3.8, 4) is 5.75 Å². The Morgan fingerprint density at radius 3 is 2.33 bits per heavy atom. The Bertz CT molecular complexity index is 735. The molecule has 27 heavy (non-hydrogen) atoms. The van der Waals surface area contributed by atoms with Crippen LogP contribution in [0.2, 0.25) is 0 Å². The zero-order valence-electron chi connectivity index (χ0n) is 15.7. The van der Waals surface area contributed by atoms with Gasteiger partial charge in [-0.1, -0.05) is 37.3 Å². The number of hydrogen-bond donors (Lipinski definition) is 1. The molecule has 2 rings (SSSR count). The number of hydrogen-bond acceptors (Lipinski definition) is 3. The molecule has 0 radical (unpaired) electrons. The molecule has 0 aliphatic carbocycles. The maximum absolute atomic E-state index is 13.0. The van der Waals surface area contributed by atoms with Crippen LogP contribution in [0.3, 0.4) is 0 Å². The third-order valence-electron chi connectivity index (χ3n) is 4.11. The van der Waals surface area contributed by atoms with Crippen molar-refractivity contribution in [2.24, 2.45) is 0 Å². The fraction of sp³-hybridized carbons (Fsp3) is 0.333. The van der Waals surface area contributed by atoms with E-state index >= 15 is 0 Å². The predicted octanol–water partition coefficient (Wildman–Crippen LogP) is 3.15. The quantitative estimate of drug-likeness (QED) is 0.736. The Balaban J connectivity index is 2.14. The molecule has 0 saturated carbocycles. The van der Waals surface area contributed by atoms with Gasteiger partial charge in [-0.2, -0.15) is 0 Å². The van der Waals surface area contributed by atoms with Crippen LogP contribution in [0.4, 0.5) is 4.39 Å². The van der Waals surface area contributed by atoms with Crippen molar-refractivity contribution >= 4 is 11.8 Å². The van der Waals surface area contributed by atoms with E-state index in [4.69, 9.17) is 4.74 Å². The monoisotopic (exact) mass is 372 g/mol. The number of rotatable bonds is 9. The van der Waals surface area contributed by atoms with Gasteiger partial charge < -0.3 is 15.0 Å². The van der Waals surface area contributed by atoms with Crippen molar-refractivity contribution in [1.29, 1.82) is 0 Å². The van der Waals surface area contributed by atoms with E-state index < -0.39 is 6.04 Å². The zero-order chi connectivity index (χ0) is 19.6. The molecule has 144 valence electrons. The van der Waals surface area contributed by atoms with Gasteiger partial charge >= 0.3 is 0 Å². The van der Waals surface area contributed by atoms with Crippen molar-refractivity contribution in [1.82, 2.24) is 10.2 Å². The van der Waals surface area contributed by atoms with Gasteiger partial charge in [0.25, 0.3) is 5.91 Å². The summed E-state index contributed by atoms with van der Waals surface area (Å²) in [5.74, 6) is -0.468. The molecule has 2 aromatic rings. The number of nitrogens with one attached hydrogen (secondary N) is 1. The molecule has 0 aromatic heterocycles. The summed E-state index contributed by atoms with van der Waals surface area (Å²) in [7, 11) is 0. The smallest absolute Gasteiger partial charge is 0.261 e. The second-order valence-electron chi connectivity index (χ2n) is 6.07.